The largest absolute Gasteiger partial charge is 0.361 e. The Morgan fingerprint density at radius 1 is 1.38 bits per heavy atom. The van der Waals surface area contributed by atoms with E-state index in [1.165, 1.54) is 0 Å². The molecule has 0 aliphatic heterocycles. The molecule has 0 fully saturated rings. The van der Waals surface area contributed by atoms with Gasteiger partial charge in [-0.3, -0.25) is 4.79 Å². The zero-order valence-corrected chi connectivity index (χ0v) is 12.6. The van der Waals surface area contributed by atoms with Crippen LogP contribution in [0.15, 0.2) is 30.5 Å². The minimum Gasteiger partial charge on any atom is -0.361 e. The Labute approximate surface area is 123 Å². The summed E-state index contributed by atoms with van der Waals surface area (Å²) in [6.07, 6.45) is 3.37. The molecule has 2 rings (SSSR count). The Morgan fingerprint density at radius 3 is 2.81 bits per heavy atom. The third-order valence-electron chi connectivity index (χ3n) is 3.22. The number of hydrogen-bond acceptors (Lipinski definition) is 4. The number of aromatic amines is 1. The predicted molar refractivity (Wildman–Crippen MR) is 82.7 cm³/mol. The van der Waals surface area contributed by atoms with Gasteiger partial charge in [0.05, 0.1) is 11.8 Å². The molecule has 2 aromatic rings. The van der Waals surface area contributed by atoms with E-state index in [1.54, 1.807) is 0 Å². The van der Waals surface area contributed by atoms with Crippen LogP contribution in [0.3, 0.4) is 0 Å². The average molecular weight is 309 g/mol. The molecular weight excluding hydrogens is 290 g/mol. The van der Waals surface area contributed by atoms with Gasteiger partial charge < -0.3 is 16.0 Å². The normalized spacial score (nSPS) is 13.2. The quantitative estimate of drug-likeness (QED) is 0.709. The van der Waals surface area contributed by atoms with Gasteiger partial charge in [0.15, 0.2) is 0 Å². The summed E-state index contributed by atoms with van der Waals surface area (Å²) in [5.41, 5.74) is 7.84. The van der Waals surface area contributed by atoms with Crippen molar-refractivity contribution in [3.05, 3.63) is 36.0 Å². The molecule has 0 aliphatic rings. The highest BCUT2D eigenvalue weighted by Gasteiger charge is 2.16. The molecule has 1 heterocycles. The van der Waals surface area contributed by atoms with Crippen molar-refractivity contribution in [1.29, 1.82) is 0 Å². The molecule has 6 nitrogen and oxygen atoms in total. The number of carbonyl (C=O) groups is 1. The zero-order valence-electron chi connectivity index (χ0n) is 11.8. The van der Waals surface area contributed by atoms with Gasteiger partial charge in [0.1, 0.15) is 9.84 Å². The zero-order chi connectivity index (χ0) is 15.5. The van der Waals surface area contributed by atoms with Crippen molar-refractivity contribution in [3.63, 3.8) is 0 Å². The summed E-state index contributed by atoms with van der Waals surface area (Å²) < 4.78 is 22.0. The molecule has 0 saturated carbocycles. The lowest BCUT2D eigenvalue weighted by Gasteiger charge is -2.11. The van der Waals surface area contributed by atoms with Crippen LogP contribution in [-0.4, -0.2) is 43.9 Å². The summed E-state index contributed by atoms with van der Waals surface area (Å²) in [7, 11) is -3.08. The van der Waals surface area contributed by atoms with Crippen molar-refractivity contribution in [2.75, 3.05) is 18.6 Å². The van der Waals surface area contributed by atoms with Crippen LogP contribution in [0, 0.1) is 0 Å². The fraction of sp³-hybridized carbons (Fsp3) is 0.357. The molecule has 114 valence electrons. The van der Waals surface area contributed by atoms with Gasteiger partial charge in [-0.1, -0.05) is 18.2 Å². The van der Waals surface area contributed by atoms with Crippen molar-refractivity contribution in [1.82, 2.24) is 10.3 Å². The molecule has 1 atom stereocenters. The van der Waals surface area contributed by atoms with Gasteiger partial charge in [-0.05, 0) is 18.1 Å². The van der Waals surface area contributed by atoms with E-state index in [4.69, 9.17) is 5.73 Å². The number of nitrogens with one attached hydrogen (secondary N) is 2. The maximum absolute atomic E-state index is 11.9. The van der Waals surface area contributed by atoms with Crippen molar-refractivity contribution in [3.8, 4) is 0 Å². The molecule has 0 radical (unpaired) electrons. The Kier molecular flexibility index (Phi) is 4.64. The second-order valence-corrected chi connectivity index (χ2v) is 7.35. The molecular formula is C14H19N3O3S. The Morgan fingerprint density at radius 2 is 2.10 bits per heavy atom. The van der Waals surface area contributed by atoms with Gasteiger partial charge >= 0.3 is 0 Å². The number of aromatic nitrogens is 1. The summed E-state index contributed by atoms with van der Waals surface area (Å²) in [4.78, 5) is 15.0. The highest BCUT2D eigenvalue weighted by Crippen LogP contribution is 2.18. The fourth-order valence-electron chi connectivity index (χ4n) is 2.12. The molecule has 1 aromatic carbocycles. The number of sulfone groups is 1. The second kappa shape index (κ2) is 6.28. The molecule has 1 amide bonds. The number of benzene rings is 1. The van der Waals surface area contributed by atoms with Crippen LogP contribution in [0.2, 0.25) is 0 Å². The van der Waals surface area contributed by atoms with E-state index in [-0.39, 0.29) is 18.2 Å². The van der Waals surface area contributed by atoms with E-state index >= 15 is 0 Å². The first-order valence-electron chi connectivity index (χ1n) is 6.63. The van der Waals surface area contributed by atoms with Gasteiger partial charge in [-0.15, -0.1) is 0 Å². The Bertz CT molecular complexity index is 737. The van der Waals surface area contributed by atoms with Crippen LogP contribution >= 0.6 is 0 Å². The first-order valence-corrected chi connectivity index (χ1v) is 8.69. The lowest BCUT2D eigenvalue weighted by molar-refractivity contribution is -0.122. The van der Waals surface area contributed by atoms with Gasteiger partial charge in [-0.2, -0.15) is 0 Å². The van der Waals surface area contributed by atoms with E-state index in [1.807, 2.05) is 30.5 Å². The smallest absolute Gasteiger partial charge is 0.237 e. The van der Waals surface area contributed by atoms with Crippen LogP contribution in [0.4, 0.5) is 0 Å². The number of H-pyrrole nitrogens is 1. The van der Waals surface area contributed by atoms with Crippen molar-refractivity contribution in [2.24, 2.45) is 5.73 Å². The molecule has 4 N–H and O–H groups in total. The molecule has 0 spiro atoms. The molecule has 0 bridgehead atoms. The van der Waals surface area contributed by atoms with Crippen LogP contribution in [0.1, 0.15) is 5.56 Å². The van der Waals surface area contributed by atoms with Gasteiger partial charge in [0.25, 0.3) is 0 Å². The summed E-state index contributed by atoms with van der Waals surface area (Å²) in [6.45, 7) is 0.0826. The van der Waals surface area contributed by atoms with E-state index in [2.05, 4.69) is 10.3 Å². The highest BCUT2D eigenvalue weighted by molar-refractivity contribution is 7.90. The third-order valence-corrected chi connectivity index (χ3v) is 4.17. The van der Waals surface area contributed by atoms with Crippen LogP contribution in [-0.2, 0) is 21.1 Å². The van der Waals surface area contributed by atoms with Gasteiger partial charge in [0.2, 0.25) is 5.91 Å². The number of nitrogens with two attached hydrogens (primary N) is 1. The van der Waals surface area contributed by atoms with Crippen molar-refractivity contribution < 1.29 is 13.2 Å². The minimum atomic E-state index is -3.08. The summed E-state index contributed by atoms with van der Waals surface area (Å²) in [6, 6.07) is 7.08. The predicted octanol–water partition coefficient (Wildman–Crippen LogP) is 0.199. The molecule has 1 unspecified atom stereocenters. The van der Waals surface area contributed by atoms with Crippen LogP contribution < -0.4 is 11.1 Å². The van der Waals surface area contributed by atoms with Gasteiger partial charge in [0, 0.05) is 29.9 Å². The number of fused-ring (bicyclic) bond motifs is 1. The highest BCUT2D eigenvalue weighted by atomic mass is 32.2. The standard InChI is InChI=1S/C14H19N3O3S/c1-21(19,20)7-6-16-14(18)12(15)8-10-9-17-13-5-3-2-4-11(10)13/h2-5,9,12,17H,6-8,15H2,1H3,(H,16,18). The Hall–Kier alpha value is -1.86. The molecule has 7 heteroatoms. The number of amides is 1. The van der Waals surface area contributed by atoms with Crippen molar-refractivity contribution >= 4 is 26.6 Å². The van der Waals surface area contributed by atoms with Crippen LogP contribution in [0.25, 0.3) is 10.9 Å². The number of para-hydroxylation sites is 1. The first kappa shape index (κ1) is 15.5. The third kappa shape index (κ3) is 4.30. The van der Waals surface area contributed by atoms with Crippen molar-refractivity contribution in [2.45, 2.75) is 12.5 Å². The maximum atomic E-state index is 11.9. The van der Waals surface area contributed by atoms with Crippen LogP contribution in [0.5, 0.6) is 0 Å². The number of rotatable bonds is 6. The second-order valence-electron chi connectivity index (χ2n) is 5.09. The molecule has 21 heavy (non-hydrogen) atoms. The lowest BCUT2D eigenvalue weighted by Crippen LogP contribution is -2.43. The summed E-state index contributed by atoms with van der Waals surface area (Å²) >= 11 is 0. The average Bonchev–Trinajstić information content (AvgIpc) is 2.80. The topological polar surface area (TPSA) is 105 Å². The molecule has 0 aliphatic carbocycles. The molecule has 1 aromatic heterocycles. The monoisotopic (exact) mass is 309 g/mol. The fourth-order valence-corrected chi connectivity index (χ4v) is 2.59. The molecule has 0 saturated heterocycles. The van der Waals surface area contributed by atoms with E-state index in [0.29, 0.717) is 6.42 Å². The van der Waals surface area contributed by atoms with E-state index in [9.17, 15) is 13.2 Å². The number of hydrogen-bond donors (Lipinski definition) is 3. The maximum Gasteiger partial charge on any atom is 0.237 e. The number of carbonyl (C=O) groups excluding carboxylic acids is 1. The van der Waals surface area contributed by atoms with E-state index < -0.39 is 15.9 Å². The summed E-state index contributed by atoms with van der Waals surface area (Å²) in [5, 5.41) is 3.58. The SMILES string of the molecule is CS(=O)(=O)CCNC(=O)C(N)Cc1c[nH]c2ccccc12. The Balaban J connectivity index is 1.94. The summed E-state index contributed by atoms with van der Waals surface area (Å²) in [5.74, 6) is -0.428. The first-order chi connectivity index (χ1) is 9.87. The minimum absolute atomic E-state index is 0.0826. The lowest BCUT2D eigenvalue weighted by atomic mass is 10.1. The van der Waals surface area contributed by atoms with Gasteiger partial charge in [-0.25, -0.2) is 8.42 Å². The van der Waals surface area contributed by atoms with E-state index in [0.717, 1.165) is 22.7 Å².